The van der Waals surface area contributed by atoms with Crippen molar-refractivity contribution in [2.75, 3.05) is 19.9 Å². The second-order valence-corrected chi connectivity index (χ2v) is 6.21. The molecular formula is C9H21NO3S. The Morgan fingerprint density at radius 3 is 2.07 bits per heavy atom. The lowest BCUT2D eigenvalue weighted by atomic mass is 10.2. The summed E-state index contributed by atoms with van der Waals surface area (Å²) in [4.78, 5) is 0. The zero-order chi connectivity index (χ0) is 11.4. The van der Waals surface area contributed by atoms with Gasteiger partial charge in [0.2, 0.25) is 0 Å². The number of nitrogens with one attached hydrogen (secondary N) is 1. The Bertz CT molecular complexity index is 249. The van der Waals surface area contributed by atoms with Crippen LogP contribution >= 0.6 is 0 Å². The zero-order valence-corrected chi connectivity index (χ0v) is 10.4. The Labute approximate surface area is 86.9 Å². The molecule has 0 radical (unpaired) electrons. The molecule has 0 spiro atoms. The van der Waals surface area contributed by atoms with Gasteiger partial charge >= 0.3 is 0 Å². The van der Waals surface area contributed by atoms with Gasteiger partial charge in [-0.05, 0) is 27.8 Å². The molecule has 0 aromatic rings. The molecule has 0 saturated carbocycles. The quantitative estimate of drug-likeness (QED) is 0.709. The van der Waals surface area contributed by atoms with Crippen LogP contribution in [0.4, 0.5) is 0 Å². The summed E-state index contributed by atoms with van der Waals surface area (Å²) in [6, 6.07) is -0.146. The van der Waals surface area contributed by atoms with Gasteiger partial charge in [-0.15, -0.1) is 0 Å². The second-order valence-electron chi connectivity index (χ2n) is 3.81. The van der Waals surface area contributed by atoms with Gasteiger partial charge in [0.05, 0.1) is 18.0 Å². The highest BCUT2D eigenvalue weighted by molar-refractivity contribution is 7.91. The van der Waals surface area contributed by atoms with Gasteiger partial charge in [0.15, 0.2) is 9.84 Å². The van der Waals surface area contributed by atoms with Crippen LogP contribution in [0, 0.1) is 0 Å². The minimum atomic E-state index is -3.00. The van der Waals surface area contributed by atoms with E-state index in [9.17, 15) is 8.42 Å². The molecule has 2 unspecified atom stereocenters. The molecule has 0 heterocycles. The van der Waals surface area contributed by atoms with Gasteiger partial charge in [0.25, 0.3) is 0 Å². The molecule has 14 heavy (non-hydrogen) atoms. The fourth-order valence-corrected chi connectivity index (χ4v) is 1.86. The third-order valence-electron chi connectivity index (χ3n) is 2.22. The number of sulfone groups is 1. The van der Waals surface area contributed by atoms with Crippen molar-refractivity contribution in [3.63, 3.8) is 0 Å². The fraction of sp³-hybridized carbons (Fsp3) is 1.00. The fourth-order valence-electron chi connectivity index (χ4n) is 1.05. The Balaban J connectivity index is 4.27. The van der Waals surface area contributed by atoms with Crippen LogP contribution in [0.25, 0.3) is 0 Å². The highest BCUT2D eigenvalue weighted by atomic mass is 32.2. The van der Waals surface area contributed by atoms with Crippen LogP contribution in [0.1, 0.15) is 20.8 Å². The molecule has 0 amide bonds. The van der Waals surface area contributed by atoms with E-state index < -0.39 is 15.1 Å². The van der Waals surface area contributed by atoms with Crippen LogP contribution in [0.3, 0.4) is 0 Å². The van der Waals surface area contributed by atoms with Crippen molar-refractivity contribution < 1.29 is 13.2 Å². The Hall–Kier alpha value is -0.130. The first kappa shape index (κ1) is 13.9. The van der Waals surface area contributed by atoms with E-state index >= 15 is 0 Å². The smallest absolute Gasteiger partial charge is 0.151 e. The van der Waals surface area contributed by atoms with Crippen molar-refractivity contribution in [1.82, 2.24) is 5.32 Å². The highest BCUT2D eigenvalue weighted by Crippen LogP contribution is 2.05. The first-order valence-electron chi connectivity index (χ1n) is 4.76. The molecular weight excluding hydrogens is 202 g/mol. The predicted octanol–water partition coefficient (Wildman–Crippen LogP) is 0.432. The molecule has 0 bridgehead atoms. The predicted molar refractivity (Wildman–Crippen MR) is 58.2 cm³/mol. The van der Waals surface area contributed by atoms with Gasteiger partial charge in [-0.25, -0.2) is 8.42 Å². The average Bonchev–Trinajstić information content (AvgIpc) is 2.03. The van der Waals surface area contributed by atoms with E-state index in [4.69, 9.17) is 4.74 Å². The third kappa shape index (κ3) is 4.93. The Morgan fingerprint density at radius 2 is 1.79 bits per heavy atom. The number of ether oxygens (including phenoxy) is 1. The van der Waals surface area contributed by atoms with E-state index in [2.05, 4.69) is 5.32 Å². The maximum atomic E-state index is 11.3. The van der Waals surface area contributed by atoms with Crippen LogP contribution in [-0.4, -0.2) is 45.7 Å². The van der Waals surface area contributed by atoms with Crippen molar-refractivity contribution in [2.45, 2.75) is 38.2 Å². The summed E-state index contributed by atoms with van der Waals surface area (Å²) in [7, 11) is -1.26. The lowest BCUT2D eigenvalue weighted by Gasteiger charge is -2.23. The topological polar surface area (TPSA) is 55.4 Å². The summed E-state index contributed by atoms with van der Waals surface area (Å²) in [5.41, 5.74) is 0. The lowest BCUT2D eigenvalue weighted by molar-refractivity contribution is 0.0626. The summed E-state index contributed by atoms with van der Waals surface area (Å²) < 4.78 is 27.9. The zero-order valence-electron chi connectivity index (χ0n) is 9.57. The van der Waals surface area contributed by atoms with Gasteiger partial charge < -0.3 is 10.1 Å². The third-order valence-corrected chi connectivity index (χ3v) is 3.90. The molecule has 0 aliphatic heterocycles. The Morgan fingerprint density at radius 1 is 1.29 bits per heavy atom. The maximum absolute atomic E-state index is 11.3. The van der Waals surface area contributed by atoms with Crippen molar-refractivity contribution in [2.24, 2.45) is 0 Å². The summed E-state index contributed by atoms with van der Waals surface area (Å²) in [5, 5.41) is 2.53. The van der Waals surface area contributed by atoms with Crippen LogP contribution in [0.15, 0.2) is 0 Å². The SMILES string of the molecule is CNC(COC(C)C)C(C)S(C)(=O)=O. The standard InChI is InChI=1S/C9H21NO3S/c1-7(2)13-6-9(10-4)8(3)14(5,11)12/h7-10H,6H2,1-5H3. The minimum Gasteiger partial charge on any atom is -0.377 e. The molecule has 2 atom stereocenters. The van der Waals surface area contributed by atoms with E-state index in [1.807, 2.05) is 13.8 Å². The van der Waals surface area contributed by atoms with Crippen LogP contribution in [0.2, 0.25) is 0 Å². The van der Waals surface area contributed by atoms with Crippen molar-refractivity contribution in [3.8, 4) is 0 Å². The van der Waals surface area contributed by atoms with Crippen molar-refractivity contribution in [3.05, 3.63) is 0 Å². The van der Waals surface area contributed by atoms with Crippen LogP contribution in [0.5, 0.6) is 0 Å². The van der Waals surface area contributed by atoms with E-state index in [1.165, 1.54) is 6.26 Å². The number of likely N-dealkylation sites (N-methyl/N-ethyl adjacent to an activating group) is 1. The minimum absolute atomic E-state index is 0.123. The van der Waals surface area contributed by atoms with Gasteiger partial charge in [-0.3, -0.25) is 0 Å². The van der Waals surface area contributed by atoms with E-state index in [0.717, 1.165) is 0 Å². The molecule has 4 nitrogen and oxygen atoms in total. The molecule has 0 aromatic heterocycles. The second kappa shape index (κ2) is 5.68. The molecule has 0 aliphatic carbocycles. The van der Waals surface area contributed by atoms with Crippen LogP contribution in [-0.2, 0) is 14.6 Å². The van der Waals surface area contributed by atoms with E-state index in [0.29, 0.717) is 6.61 Å². The van der Waals surface area contributed by atoms with Gasteiger partial charge in [-0.2, -0.15) is 0 Å². The number of rotatable bonds is 6. The molecule has 0 aromatic carbocycles. The molecule has 0 saturated heterocycles. The first-order valence-corrected chi connectivity index (χ1v) is 6.72. The van der Waals surface area contributed by atoms with Crippen LogP contribution < -0.4 is 5.32 Å². The number of hydrogen-bond donors (Lipinski definition) is 1. The van der Waals surface area contributed by atoms with Crippen molar-refractivity contribution in [1.29, 1.82) is 0 Å². The lowest BCUT2D eigenvalue weighted by Crippen LogP contribution is -2.44. The Kier molecular flexibility index (Phi) is 5.63. The molecule has 5 heteroatoms. The molecule has 1 N–H and O–H groups in total. The average molecular weight is 223 g/mol. The normalized spacial score (nSPS) is 17.0. The largest absolute Gasteiger partial charge is 0.377 e. The molecule has 0 rings (SSSR count). The maximum Gasteiger partial charge on any atom is 0.151 e. The highest BCUT2D eigenvalue weighted by Gasteiger charge is 2.24. The monoisotopic (exact) mass is 223 g/mol. The van der Waals surface area contributed by atoms with Crippen molar-refractivity contribution >= 4 is 9.84 Å². The van der Waals surface area contributed by atoms with E-state index in [1.54, 1.807) is 14.0 Å². The molecule has 86 valence electrons. The summed E-state index contributed by atoms with van der Waals surface area (Å²) >= 11 is 0. The van der Waals surface area contributed by atoms with Gasteiger partial charge in [0, 0.05) is 12.3 Å². The number of hydrogen-bond acceptors (Lipinski definition) is 4. The summed E-state index contributed by atoms with van der Waals surface area (Å²) in [6.45, 7) is 5.97. The summed E-state index contributed by atoms with van der Waals surface area (Å²) in [6.07, 6.45) is 1.37. The molecule has 0 fully saturated rings. The van der Waals surface area contributed by atoms with Gasteiger partial charge in [-0.1, -0.05) is 0 Å². The molecule has 0 aliphatic rings. The van der Waals surface area contributed by atoms with Gasteiger partial charge in [0.1, 0.15) is 0 Å². The summed E-state index contributed by atoms with van der Waals surface area (Å²) in [5.74, 6) is 0. The van der Waals surface area contributed by atoms with E-state index in [-0.39, 0.29) is 12.1 Å². The first-order chi connectivity index (χ1) is 6.29.